The van der Waals surface area contributed by atoms with Crippen LogP contribution in [0.3, 0.4) is 0 Å². The molecule has 0 saturated carbocycles. The first-order valence-corrected chi connectivity index (χ1v) is 8.43. The minimum atomic E-state index is -0.536. The molecule has 0 aliphatic carbocycles. The third-order valence-electron chi connectivity index (χ3n) is 4.14. The number of benzene rings is 2. The number of fused-ring (bicyclic) bond motifs is 1. The highest BCUT2D eigenvalue weighted by atomic mass is 16.6. The summed E-state index contributed by atoms with van der Waals surface area (Å²) in [6.45, 7) is 5.50. The summed E-state index contributed by atoms with van der Waals surface area (Å²) < 4.78 is 16.4. The molecule has 0 amide bonds. The SMILES string of the molecule is CCOC(=O)COc1c(-c2ccccc2)oc2cc(C)c(C)cc2c1=O. The maximum atomic E-state index is 13.0. The monoisotopic (exact) mass is 352 g/mol. The van der Waals surface area contributed by atoms with Gasteiger partial charge in [-0.25, -0.2) is 4.79 Å². The number of ether oxygens (including phenoxy) is 2. The normalized spacial score (nSPS) is 10.7. The molecule has 0 atom stereocenters. The van der Waals surface area contributed by atoms with E-state index in [0.29, 0.717) is 22.3 Å². The lowest BCUT2D eigenvalue weighted by atomic mass is 10.0. The van der Waals surface area contributed by atoms with Crippen molar-refractivity contribution in [2.45, 2.75) is 20.8 Å². The highest BCUT2D eigenvalue weighted by molar-refractivity contribution is 5.83. The zero-order chi connectivity index (χ0) is 18.7. The van der Waals surface area contributed by atoms with Gasteiger partial charge in [0.15, 0.2) is 12.4 Å². The fraction of sp³-hybridized carbons (Fsp3) is 0.238. The lowest BCUT2D eigenvalue weighted by molar-refractivity contribution is -0.145. The van der Waals surface area contributed by atoms with Crippen LogP contribution in [0.1, 0.15) is 18.1 Å². The lowest BCUT2D eigenvalue weighted by Crippen LogP contribution is -2.19. The van der Waals surface area contributed by atoms with Crippen molar-refractivity contribution in [3.63, 3.8) is 0 Å². The first-order chi connectivity index (χ1) is 12.5. The number of carbonyl (C=O) groups excluding carboxylic acids is 1. The van der Waals surface area contributed by atoms with Gasteiger partial charge in [-0.15, -0.1) is 0 Å². The van der Waals surface area contributed by atoms with Crippen molar-refractivity contribution in [1.29, 1.82) is 0 Å². The second-order valence-corrected chi connectivity index (χ2v) is 5.98. The number of hydrogen-bond donors (Lipinski definition) is 0. The number of rotatable bonds is 5. The van der Waals surface area contributed by atoms with E-state index in [1.54, 1.807) is 13.0 Å². The molecule has 0 fully saturated rings. The van der Waals surface area contributed by atoms with Gasteiger partial charge < -0.3 is 13.9 Å². The van der Waals surface area contributed by atoms with Crippen LogP contribution in [0.4, 0.5) is 0 Å². The van der Waals surface area contributed by atoms with Gasteiger partial charge in [0, 0.05) is 5.56 Å². The molecule has 5 nitrogen and oxygen atoms in total. The van der Waals surface area contributed by atoms with E-state index >= 15 is 0 Å². The number of hydrogen-bond acceptors (Lipinski definition) is 5. The standard InChI is InChI=1S/C21H20O5/c1-4-24-18(22)12-25-21-19(23)16-10-13(2)14(3)11-17(16)26-20(21)15-8-6-5-7-9-15/h5-11H,4,12H2,1-3H3. The molecule has 0 aliphatic rings. The van der Waals surface area contributed by atoms with E-state index < -0.39 is 5.97 Å². The Morgan fingerprint density at radius 3 is 2.46 bits per heavy atom. The predicted molar refractivity (Wildman–Crippen MR) is 99.5 cm³/mol. The Morgan fingerprint density at radius 1 is 1.08 bits per heavy atom. The van der Waals surface area contributed by atoms with Crippen molar-refractivity contribution >= 4 is 16.9 Å². The molecule has 1 aromatic heterocycles. The van der Waals surface area contributed by atoms with Crippen molar-refractivity contribution in [1.82, 2.24) is 0 Å². The highest BCUT2D eigenvalue weighted by Gasteiger charge is 2.19. The van der Waals surface area contributed by atoms with Gasteiger partial charge in [0.05, 0.1) is 12.0 Å². The fourth-order valence-electron chi connectivity index (χ4n) is 2.68. The Bertz CT molecular complexity index is 1000. The lowest BCUT2D eigenvalue weighted by Gasteiger charge is -2.12. The molecule has 0 N–H and O–H groups in total. The third kappa shape index (κ3) is 3.47. The van der Waals surface area contributed by atoms with Crippen LogP contribution in [0.15, 0.2) is 51.7 Å². The predicted octanol–water partition coefficient (Wildman–Crippen LogP) is 4.02. The smallest absolute Gasteiger partial charge is 0.344 e. The van der Waals surface area contributed by atoms with E-state index in [1.165, 1.54) is 0 Å². The van der Waals surface area contributed by atoms with Crippen LogP contribution in [-0.2, 0) is 9.53 Å². The van der Waals surface area contributed by atoms with Crippen LogP contribution in [0.25, 0.3) is 22.3 Å². The van der Waals surface area contributed by atoms with Crippen LogP contribution >= 0.6 is 0 Å². The molecule has 5 heteroatoms. The zero-order valence-electron chi connectivity index (χ0n) is 15.0. The molecule has 0 saturated heterocycles. The maximum absolute atomic E-state index is 13.0. The van der Waals surface area contributed by atoms with E-state index in [4.69, 9.17) is 13.9 Å². The first kappa shape index (κ1) is 17.7. The van der Waals surface area contributed by atoms with Gasteiger partial charge in [-0.3, -0.25) is 4.79 Å². The largest absolute Gasteiger partial charge is 0.474 e. The molecule has 0 aliphatic heterocycles. The molecule has 134 valence electrons. The molecular weight excluding hydrogens is 332 g/mol. The highest BCUT2D eigenvalue weighted by Crippen LogP contribution is 2.31. The molecule has 2 aromatic carbocycles. The maximum Gasteiger partial charge on any atom is 0.344 e. The third-order valence-corrected chi connectivity index (χ3v) is 4.14. The van der Waals surface area contributed by atoms with E-state index in [2.05, 4.69) is 0 Å². The van der Waals surface area contributed by atoms with Gasteiger partial charge in [0.2, 0.25) is 11.2 Å². The van der Waals surface area contributed by atoms with E-state index in [-0.39, 0.29) is 24.4 Å². The average Bonchev–Trinajstić information content (AvgIpc) is 2.63. The van der Waals surface area contributed by atoms with Crippen LogP contribution in [0, 0.1) is 13.8 Å². The second-order valence-electron chi connectivity index (χ2n) is 5.98. The van der Waals surface area contributed by atoms with Gasteiger partial charge in [-0.05, 0) is 44.0 Å². The van der Waals surface area contributed by atoms with Crippen molar-refractivity contribution in [3.05, 3.63) is 63.8 Å². The molecule has 0 bridgehead atoms. The number of aryl methyl sites for hydroxylation is 2. The van der Waals surface area contributed by atoms with Gasteiger partial charge in [0.1, 0.15) is 5.58 Å². The van der Waals surface area contributed by atoms with Gasteiger partial charge in [-0.2, -0.15) is 0 Å². The minimum absolute atomic E-state index is 0.0139. The molecule has 26 heavy (non-hydrogen) atoms. The number of esters is 1. The van der Waals surface area contributed by atoms with Crippen LogP contribution in [-0.4, -0.2) is 19.2 Å². The van der Waals surface area contributed by atoms with E-state index in [1.807, 2.05) is 50.2 Å². The first-order valence-electron chi connectivity index (χ1n) is 8.43. The summed E-state index contributed by atoms with van der Waals surface area (Å²) in [7, 11) is 0. The topological polar surface area (TPSA) is 65.7 Å². The Kier molecular flexibility index (Phi) is 5.07. The summed E-state index contributed by atoms with van der Waals surface area (Å²) in [4.78, 5) is 24.7. The van der Waals surface area contributed by atoms with E-state index in [0.717, 1.165) is 11.1 Å². The molecule has 0 unspecified atom stereocenters. The van der Waals surface area contributed by atoms with Crippen LogP contribution in [0.2, 0.25) is 0 Å². The fourth-order valence-corrected chi connectivity index (χ4v) is 2.68. The van der Waals surface area contributed by atoms with Crippen molar-refractivity contribution in [2.75, 3.05) is 13.2 Å². The molecule has 0 spiro atoms. The van der Waals surface area contributed by atoms with Crippen molar-refractivity contribution in [2.24, 2.45) is 0 Å². The zero-order valence-corrected chi connectivity index (χ0v) is 15.0. The molecule has 3 aromatic rings. The summed E-state index contributed by atoms with van der Waals surface area (Å²) in [5.74, 6) is -0.221. The summed E-state index contributed by atoms with van der Waals surface area (Å²) in [5, 5.41) is 0.423. The second kappa shape index (κ2) is 7.44. The Labute approximate surface area is 151 Å². The van der Waals surface area contributed by atoms with Crippen LogP contribution < -0.4 is 10.2 Å². The summed E-state index contributed by atoms with van der Waals surface area (Å²) in [5.41, 5.74) is 2.88. The Balaban J connectivity index is 2.18. The summed E-state index contributed by atoms with van der Waals surface area (Å²) >= 11 is 0. The number of carbonyl (C=O) groups is 1. The molecule has 3 rings (SSSR count). The quantitative estimate of drug-likeness (QED) is 0.649. The summed E-state index contributed by atoms with van der Waals surface area (Å²) in [6, 6.07) is 12.8. The Morgan fingerprint density at radius 2 is 1.77 bits per heavy atom. The minimum Gasteiger partial charge on any atom is -0.474 e. The molecular formula is C21H20O5. The van der Waals surface area contributed by atoms with Crippen molar-refractivity contribution < 1.29 is 18.7 Å². The van der Waals surface area contributed by atoms with Gasteiger partial charge in [-0.1, -0.05) is 30.3 Å². The summed E-state index contributed by atoms with van der Waals surface area (Å²) in [6.07, 6.45) is 0. The van der Waals surface area contributed by atoms with E-state index in [9.17, 15) is 9.59 Å². The molecule has 1 heterocycles. The van der Waals surface area contributed by atoms with Crippen molar-refractivity contribution in [3.8, 4) is 17.1 Å². The molecule has 0 radical (unpaired) electrons. The van der Waals surface area contributed by atoms with Gasteiger partial charge in [0.25, 0.3) is 0 Å². The van der Waals surface area contributed by atoms with Gasteiger partial charge >= 0.3 is 5.97 Å². The van der Waals surface area contributed by atoms with Crippen LogP contribution in [0.5, 0.6) is 5.75 Å². The average molecular weight is 352 g/mol. The Hall–Kier alpha value is -3.08.